The molecule has 3 aromatic heterocycles. The molecule has 0 amide bonds. The Morgan fingerprint density at radius 3 is 2.49 bits per heavy atom. The summed E-state index contributed by atoms with van der Waals surface area (Å²) in [6.45, 7) is 1.96. The molecule has 35 heavy (non-hydrogen) atoms. The minimum Gasteiger partial charge on any atom is -0.493 e. The third-order valence-electron chi connectivity index (χ3n) is 5.42. The molecule has 9 heteroatoms. The number of fused-ring (bicyclic) bond motifs is 1. The molecule has 0 bridgehead atoms. The summed E-state index contributed by atoms with van der Waals surface area (Å²) >= 11 is 0. The molecular formula is C26H21N7O2. The van der Waals surface area contributed by atoms with Crippen LogP contribution in [-0.4, -0.2) is 26.7 Å². The number of ether oxygens (including phenoxy) is 2. The number of methoxy groups -OCH3 is 1. The van der Waals surface area contributed by atoms with Crippen molar-refractivity contribution < 1.29 is 9.47 Å². The Labute approximate surface area is 201 Å². The van der Waals surface area contributed by atoms with Crippen molar-refractivity contribution in [3.63, 3.8) is 0 Å². The molecule has 0 aliphatic rings. The minimum absolute atomic E-state index is 0.430. The molecule has 0 saturated carbocycles. The molecule has 0 aliphatic heterocycles. The molecule has 0 unspecified atom stereocenters. The van der Waals surface area contributed by atoms with Crippen molar-refractivity contribution in [1.82, 2.24) is 19.6 Å². The zero-order valence-corrected chi connectivity index (χ0v) is 19.1. The summed E-state index contributed by atoms with van der Waals surface area (Å²) in [5, 5.41) is 20.8. The van der Waals surface area contributed by atoms with Gasteiger partial charge in [0.05, 0.1) is 48.2 Å². The summed E-state index contributed by atoms with van der Waals surface area (Å²) < 4.78 is 13.0. The Morgan fingerprint density at radius 1 is 0.971 bits per heavy atom. The second-order valence-electron chi connectivity index (χ2n) is 7.62. The fourth-order valence-corrected chi connectivity index (χ4v) is 3.71. The SMILES string of the molecule is COc1ccccc1Oc1ccc(Nc2c(C#N)cnn3cc(Nc4cnccn4)c(C)c23)cc1. The van der Waals surface area contributed by atoms with Crippen LogP contribution in [-0.2, 0) is 0 Å². The second kappa shape index (κ2) is 9.41. The molecule has 5 rings (SSSR count). The van der Waals surface area contributed by atoms with Crippen LogP contribution >= 0.6 is 0 Å². The van der Waals surface area contributed by atoms with Gasteiger partial charge in [-0.05, 0) is 43.3 Å². The lowest BCUT2D eigenvalue weighted by atomic mass is 10.1. The topological polar surface area (TPSA) is 109 Å². The van der Waals surface area contributed by atoms with E-state index in [1.165, 1.54) is 0 Å². The summed E-state index contributed by atoms with van der Waals surface area (Å²) in [7, 11) is 1.61. The second-order valence-corrected chi connectivity index (χ2v) is 7.62. The summed E-state index contributed by atoms with van der Waals surface area (Å²) in [5.74, 6) is 2.56. The van der Waals surface area contributed by atoms with E-state index in [9.17, 15) is 5.26 Å². The van der Waals surface area contributed by atoms with Gasteiger partial charge >= 0.3 is 0 Å². The van der Waals surface area contributed by atoms with Crippen molar-refractivity contribution in [3.05, 3.63) is 90.6 Å². The molecule has 0 radical (unpaired) electrons. The van der Waals surface area contributed by atoms with Crippen molar-refractivity contribution in [2.75, 3.05) is 17.7 Å². The smallest absolute Gasteiger partial charge is 0.169 e. The van der Waals surface area contributed by atoms with Gasteiger partial charge in [-0.15, -0.1) is 0 Å². The van der Waals surface area contributed by atoms with Crippen molar-refractivity contribution in [2.45, 2.75) is 6.92 Å². The quantitative estimate of drug-likeness (QED) is 0.321. The highest BCUT2D eigenvalue weighted by Crippen LogP contribution is 2.35. The van der Waals surface area contributed by atoms with Gasteiger partial charge in [0.1, 0.15) is 17.6 Å². The highest BCUT2D eigenvalue weighted by atomic mass is 16.5. The fourth-order valence-electron chi connectivity index (χ4n) is 3.71. The Balaban J connectivity index is 1.45. The summed E-state index contributed by atoms with van der Waals surface area (Å²) in [4.78, 5) is 8.36. The molecular weight excluding hydrogens is 442 g/mol. The average molecular weight is 464 g/mol. The van der Waals surface area contributed by atoms with E-state index < -0.39 is 0 Å². The molecule has 0 spiro atoms. The van der Waals surface area contributed by atoms with E-state index in [0.717, 1.165) is 22.5 Å². The lowest BCUT2D eigenvalue weighted by Gasteiger charge is -2.13. The van der Waals surface area contributed by atoms with Crippen LogP contribution in [0, 0.1) is 18.3 Å². The number of hydrogen-bond donors (Lipinski definition) is 2. The zero-order valence-electron chi connectivity index (χ0n) is 19.1. The van der Waals surface area contributed by atoms with E-state index in [2.05, 4.69) is 31.8 Å². The van der Waals surface area contributed by atoms with Crippen molar-refractivity contribution in [2.24, 2.45) is 0 Å². The van der Waals surface area contributed by atoms with E-state index in [1.807, 2.05) is 61.7 Å². The standard InChI is InChI=1S/C26H21N7O2/c1-17-21(32-24-15-28-11-12-29-24)16-33-26(17)25(18(13-27)14-30-33)31-19-7-9-20(10-8-19)35-23-6-4-3-5-22(23)34-2/h3-12,14-16,31H,1-2H3,(H,29,32). The predicted molar refractivity (Wildman–Crippen MR) is 133 cm³/mol. The van der Waals surface area contributed by atoms with E-state index in [-0.39, 0.29) is 0 Å². The first kappa shape index (κ1) is 21.7. The maximum Gasteiger partial charge on any atom is 0.169 e. The number of aryl methyl sites for hydroxylation is 1. The molecule has 5 aromatic rings. The highest BCUT2D eigenvalue weighted by molar-refractivity contribution is 5.88. The fraction of sp³-hybridized carbons (Fsp3) is 0.0769. The first-order valence-electron chi connectivity index (χ1n) is 10.8. The molecule has 0 aliphatic carbocycles. The average Bonchev–Trinajstić information content (AvgIpc) is 3.21. The van der Waals surface area contributed by atoms with Crippen LogP contribution in [0.3, 0.4) is 0 Å². The van der Waals surface area contributed by atoms with Gasteiger partial charge in [0.2, 0.25) is 0 Å². The van der Waals surface area contributed by atoms with E-state index in [4.69, 9.17) is 9.47 Å². The molecule has 2 N–H and O–H groups in total. The molecule has 0 saturated heterocycles. The predicted octanol–water partition coefficient (Wildman–Crippen LogP) is 5.59. The van der Waals surface area contributed by atoms with Gasteiger partial charge in [0.25, 0.3) is 0 Å². The molecule has 172 valence electrons. The molecule has 9 nitrogen and oxygen atoms in total. The van der Waals surface area contributed by atoms with Crippen LogP contribution in [0.25, 0.3) is 5.52 Å². The third kappa shape index (κ3) is 4.41. The number of nitrogens with zero attached hydrogens (tertiary/aromatic N) is 5. The van der Waals surface area contributed by atoms with Crippen LogP contribution in [0.2, 0.25) is 0 Å². The third-order valence-corrected chi connectivity index (χ3v) is 5.42. The summed E-state index contributed by atoms with van der Waals surface area (Å²) in [6.07, 6.45) is 8.27. The van der Waals surface area contributed by atoms with Gasteiger partial charge in [0, 0.05) is 23.6 Å². The highest BCUT2D eigenvalue weighted by Gasteiger charge is 2.16. The van der Waals surface area contributed by atoms with E-state index >= 15 is 0 Å². The van der Waals surface area contributed by atoms with E-state index in [1.54, 1.807) is 36.4 Å². The maximum absolute atomic E-state index is 9.74. The zero-order chi connectivity index (χ0) is 24.2. The van der Waals surface area contributed by atoms with Gasteiger partial charge in [-0.3, -0.25) is 4.98 Å². The van der Waals surface area contributed by atoms with Crippen LogP contribution in [0.4, 0.5) is 22.9 Å². The number of nitrogens with one attached hydrogen (secondary N) is 2. The number of hydrogen-bond acceptors (Lipinski definition) is 8. The van der Waals surface area contributed by atoms with Crippen molar-refractivity contribution in [1.29, 1.82) is 5.26 Å². The lowest BCUT2D eigenvalue weighted by Crippen LogP contribution is -2.01. The van der Waals surface area contributed by atoms with Crippen molar-refractivity contribution in [3.8, 4) is 23.3 Å². The van der Waals surface area contributed by atoms with Crippen LogP contribution < -0.4 is 20.1 Å². The summed E-state index contributed by atoms with van der Waals surface area (Å²) in [5.41, 5.74) is 4.40. The van der Waals surface area contributed by atoms with Gasteiger partial charge in [-0.25, -0.2) is 9.50 Å². The Hall–Kier alpha value is -5.10. The van der Waals surface area contributed by atoms with Gasteiger partial charge in [0.15, 0.2) is 11.5 Å². The molecule has 0 fully saturated rings. The Bertz CT molecular complexity index is 1520. The lowest BCUT2D eigenvalue weighted by molar-refractivity contribution is 0.379. The number of para-hydroxylation sites is 2. The van der Waals surface area contributed by atoms with Gasteiger partial charge in [-0.2, -0.15) is 10.4 Å². The first-order chi connectivity index (χ1) is 17.2. The Kier molecular flexibility index (Phi) is 5.84. The van der Waals surface area contributed by atoms with Crippen LogP contribution in [0.1, 0.15) is 11.1 Å². The number of rotatable bonds is 7. The number of anilines is 4. The summed E-state index contributed by atoms with van der Waals surface area (Å²) in [6, 6.07) is 17.2. The molecule has 2 aromatic carbocycles. The normalized spacial score (nSPS) is 10.5. The first-order valence-corrected chi connectivity index (χ1v) is 10.8. The monoisotopic (exact) mass is 463 g/mol. The van der Waals surface area contributed by atoms with Gasteiger partial charge < -0.3 is 20.1 Å². The minimum atomic E-state index is 0.430. The number of nitriles is 1. The van der Waals surface area contributed by atoms with Crippen LogP contribution in [0.15, 0.2) is 79.5 Å². The number of benzene rings is 2. The molecule has 0 atom stereocenters. The Morgan fingerprint density at radius 2 is 1.77 bits per heavy atom. The van der Waals surface area contributed by atoms with Crippen molar-refractivity contribution >= 4 is 28.4 Å². The number of aromatic nitrogens is 4. The van der Waals surface area contributed by atoms with Gasteiger partial charge in [-0.1, -0.05) is 12.1 Å². The van der Waals surface area contributed by atoms with Crippen LogP contribution in [0.5, 0.6) is 17.2 Å². The van der Waals surface area contributed by atoms with E-state index in [0.29, 0.717) is 34.3 Å². The largest absolute Gasteiger partial charge is 0.493 e. The molecule has 3 heterocycles. The maximum atomic E-state index is 9.74.